The molecule has 0 nitrogen and oxygen atoms in total. The summed E-state index contributed by atoms with van der Waals surface area (Å²) >= 11 is 0. The molecule has 5 unspecified atom stereocenters. The minimum atomic E-state index is 0.392. The van der Waals surface area contributed by atoms with Crippen LogP contribution in [-0.2, 0) is 0 Å². The Hall–Kier alpha value is -0.260. The van der Waals surface area contributed by atoms with Crippen LogP contribution in [0.4, 0.5) is 0 Å². The van der Waals surface area contributed by atoms with Crippen molar-refractivity contribution in [2.75, 3.05) is 0 Å². The smallest absolute Gasteiger partial charge is 0.0199 e. The van der Waals surface area contributed by atoms with Crippen molar-refractivity contribution >= 4 is 0 Å². The number of allylic oxidation sites excluding steroid dienone is 1. The Labute approximate surface area is 231 Å². The molecule has 6 rings (SSSR count). The SMILES string of the molecule is C=C(CC(C)C)C[C@@H](C1CCC2C(C1)CC1[C@@H]3CCC4C(C)(C)CCC[C@@]45C[C@@]35CC[C@]21C)C(C)(C)C. The van der Waals surface area contributed by atoms with Gasteiger partial charge in [0.25, 0.3) is 0 Å². The van der Waals surface area contributed by atoms with Crippen LogP contribution in [0, 0.1) is 74.4 Å². The lowest BCUT2D eigenvalue weighted by Crippen LogP contribution is -2.51. The predicted octanol–water partition coefficient (Wildman–Crippen LogP) is 11.1. The van der Waals surface area contributed by atoms with E-state index in [0.717, 1.165) is 58.2 Å². The van der Waals surface area contributed by atoms with Gasteiger partial charge < -0.3 is 0 Å². The lowest BCUT2D eigenvalue weighted by atomic mass is 9.46. The highest BCUT2D eigenvalue weighted by Crippen LogP contribution is 2.87. The number of hydrogen-bond donors (Lipinski definition) is 0. The topological polar surface area (TPSA) is 0 Å². The Kier molecular flexibility index (Phi) is 6.28. The summed E-state index contributed by atoms with van der Waals surface area (Å²) in [6.45, 7) is 25.0. The van der Waals surface area contributed by atoms with Gasteiger partial charge in [0.05, 0.1) is 0 Å². The zero-order valence-corrected chi connectivity index (χ0v) is 26.2. The second-order valence-corrected chi connectivity index (χ2v) is 18.4. The third kappa shape index (κ3) is 3.93. The number of rotatable bonds is 5. The molecule has 6 fully saturated rings. The molecule has 0 radical (unpaired) electrons. The van der Waals surface area contributed by atoms with E-state index < -0.39 is 0 Å². The Morgan fingerprint density at radius 2 is 1.54 bits per heavy atom. The van der Waals surface area contributed by atoms with Crippen LogP contribution in [-0.4, -0.2) is 0 Å². The number of hydrogen-bond acceptors (Lipinski definition) is 0. The molecular formula is C37H62. The van der Waals surface area contributed by atoms with Crippen molar-refractivity contribution in [2.45, 2.75) is 145 Å². The first-order valence-corrected chi connectivity index (χ1v) is 16.9. The maximum atomic E-state index is 4.58. The highest BCUT2D eigenvalue weighted by atomic mass is 14.8. The molecule has 0 heteroatoms. The molecule has 2 spiro atoms. The minimum absolute atomic E-state index is 0.392. The van der Waals surface area contributed by atoms with Gasteiger partial charge in [-0.15, -0.1) is 0 Å². The zero-order chi connectivity index (χ0) is 26.6. The summed E-state index contributed by atoms with van der Waals surface area (Å²) in [5, 5.41) is 0. The summed E-state index contributed by atoms with van der Waals surface area (Å²) in [7, 11) is 0. The van der Waals surface area contributed by atoms with Gasteiger partial charge >= 0.3 is 0 Å². The summed E-state index contributed by atoms with van der Waals surface area (Å²) in [6, 6.07) is 0. The summed E-state index contributed by atoms with van der Waals surface area (Å²) in [4.78, 5) is 0. The van der Waals surface area contributed by atoms with Gasteiger partial charge in [-0.3, -0.25) is 0 Å². The molecule has 0 heterocycles. The van der Waals surface area contributed by atoms with Crippen LogP contribution in [0.1, 0.15) is 145 Å². The second kappa shape index (κ2) is 8.62. The Bertz CT molecular complexity index is 899. The highest BCUT2D eigenvalue weighted by molar-refractivity contribution is 5.28. The van der Waals surface area contributed by atoms with E-state index in [1.165, 1.54) is 50.5 Å². The molecule has 0 amide bonds. The molecule has 6 aliphatic rings. The van der Waals surface area contributed by atoms with Gasteiger partial charge in [-0.25, -0.2) is 0 Å². The standard InChI is InChI=1S/C37H62/c1-24(2)19-25(3)20-30(33(4,5)6)26-11-12-28-27(21-26)22-31-29-13-14-32-34(7,8)15-10-16-37(32)23-36(29,37)18-17-35(28,31)9/h24,26-32H,3,10-23H2,1-2,4-9H3/t26?,27?,28?,29-,30-,31?,32?,35+,36-,37+/m0/s1. The van der Waals surface area contributed by atoms with Gasteiger partial charge in [-0.1, -0.05) is 74.0 Å². The Balaban J connectivity index is 1.21. The molecule has 0 N–H and O–H groups in total. The van der Waals surface area contributed by atoms with Crippen LogP contribution in [0.2, 0.25) is 0 Å². The maximum Gasteiger partial charge on any atom is -0.0199 e. The molecule has 0 aromatic heterocycles. The fourth-order valence-corrected chi connectivity index (χ4v) is 13.5. The van der Waals surface area contributed by atoms with E-state index in [0.29, 0.717) is 16.2 Å². The second-order valence-electron chi connectivity index (χ2n) is 18.4. The first-order valence-electron chi connectivity index (χ1n) is 16.9. The van der Waals surface area contributed by atoms with Gasteiger partial charge in [0, 0.05) is 0 Å². The summed E-state index contributed by atoms with van der Waals surface area (Å²) in [5.74, 6) is 7.67. The van der Waals surface area contributed by atoms with Crippen LogP contribution in [0.15, 0.2) is 12.2 Å². The predicted molar refractivity (Wildman–Crippen MR) is 159 cm³/mol. The minimum Gasteiger partial charge on any atom is -0.0998 e. The van der Waals surface area contributed by atoms with E-state index in [4.69, 9.17) is 0 Å². The van der Waals surface area contributed by atoms with Crippen LogP contribution in [0.5, 0.6) is 0 Å². The van der Waals surface area contributed by atoms with E-state index in [-0.39, 0.29) is 0 Å². The molecule has 0 saturated heterocycles. The van der Waals surface area contributed by atoms with Crippen LogP contribution in [0.3, 0.4) is 0 Å². The van der Waals surface area contributed by atoms with Crippen LogP contribution in [0.25, 0.3) is 0 Å². The van der Waals surface area contributed by atoms with E-state index in [1.54, 1.807) is 44.9 Å². The first kappa shape index (κ1) is 26.9. The molecule has 37 heavy (non-hydrogen) atoms. The van der Waals surface area contributed by atoms with Crippen molar-refractivity contribution in [3.8, 4) is 0 Å². The first-order chi connectivity index (χ1) is 17.2. The fourth-order valence-electron chi connectivity index (χ4n) is 13.5. The molecule has 0 bridgehead atoms. The summed E-state index contributed by atoms with van der Waals surface area (Å²) in [5.41, 5.74) is 4.72. The van der Waals surface area contributed by atoms with Crippen molar-refractivity contribution in [3.05, 3.63) is 12.2 Å². The maximum absolute atomic E-state index is 4.58. The normalized spacial score (nSPS) is 48.8. The lowest BCUT2D eigenvalue weighted by molar-refractivity contribution is -0.0947. The molecular weight excluding hydrogens is 444 g/mol. The number of fused-ring (bicyclic) bond motifs is 4. The average molecular weight is 507 g/mol. The Morgan fingerprint density at radius 1 is 0.811 bits per heavy atom. The van der Waals surface area contributed by atoms with Crippen LogP contribution < -0.4 is 0 Å². The van der Waals surface area contributed by atoms with E-state index in [1.807, 2.05) is 0 Å². The third-order valence-electron chi connectivity index (χ3n) is 14.8. The quantitative estimate of drug-likeness (QED) is 0.325. The van der Waals surface area contributed by atoms with Gasteiger partial charge in [0.2, 0.25) is 0 Å². The average Bonchev–Trinajstić information content (AvgIpc) is 3.35. The van der Waals surface area contributed by atoms with Gasteiger partial charge in [-0.05, 0) is 158 Å². The molecule has 6 saturated carbocycles. The van der Waals surface area contributed by atoms with Gasteiger partial charge in [0.15, 0.2) is 0 Å². The monoisotopic (exact) mass is 506 g/mol. The van der Waals surface area contributed by atoms with E-state index in [9.17, 15) is 0 Å². The third-order valence-corrected chi connectivity index (χ3v) is 14.8. The highest BCUT2D eigenvalue weighted by Gasteiger charge is 2.79. The molecule has 10 atom stereocenters. The van der Waals surface area contributed by atoms with Crippen molar-refractivity contribution in [1.29, 1.82) is 0 Å². The van der Waals surface area contributed by atoms with Gasteiger partial charge in [0.1, 0.15) is 0 Å². The van der Waals surface area contributed by atoms with E-state index >= 15 is 0 Å². The van der Waals surface area contributed by atoms with Crippen LogP contribution >= 0.6 is 0 Å². The molecule has 0 aromatic rings. The molecule has 210 valence electrons. The fraction of sp³-hybridized carbons (Fsp3) is 0.946. The Morgan fingerprint density at radius 3 is 2.24 bits per heavy atom. The molecule has 6 aliphatic carbocycles. The van der Waals surface area contributed by atoms with E-state index in [2.05, 4.69) is 62.0 Å². The largest absolute Gasteiger partial charge is 0.0998 e. The molecule has 0 aliphatic heterocycles. The molecule has 0 aromatic carbocycles. The summed E-state index contributed by atoms with van der Waals surface area (Å²) in [6.07, 6.45) is 21.2. The van der Waals surface area contributed by atoms with Crippen molar-refractivity contribution in [2.24, 2.45) is 74.4 Å². The van der Waals surface area contributed by atoms with Crippen molar-refractivity contribution < 1.29 is 0 Å². The zero-order valence-electron chi connectivity index (χ0n) is 26.2. The summed E-state index contributed by atoms with van der Waals surface area (Å²) < 4.78 is 0. The van der Waals surface area contributed by atoms with Crippen molar-refractivity contribution in [1.82, 2.24) is 0 Å². The van der Waals surface area contributed by atoms with Gasteiger partial charge in [-0.2, -0.15) is 0 Å². The van der Waals surface area contributed by atoms with Crippen molar-refractivity contribution in [3.63, 3.8) is 0 Å². The lowest BCUT2D eigenvalue weighted by Gasteiger charge is -2.58.